The summed E-state index contributed by atoms with van der Waals surface area (Å²) in [4.78, 5) is 28.4. The van der Waals surface area contributed by atoms with Crippen LogP contribution in [0.15, 0.2) is 64.9 Å². The lowest BCUT2D eigenvalue weighted by Crippen LogP contribution is -2.30. The Kier molecular flexibility index (Phi) is 8.32. The van der Waals surface area contributed by atoms with Crippen LogP contribution >= 0.6 is 11.3 Å². The first-order chi connectivity index (χ1) is 15.8. The van der Waals surface area contributed by atoms with Crippen LogP contribution in [0.2, 0.25) is 0 Å². The van der Waals surface area contributed by atoms with Crippen molar-refractivity contribution in [3.05, 3.63) is 76.8 Å². The molecule has 0 bridgehead atoms. The van der Waals surface area contributed by atoms with Crippen LogP contribution in [0.1, 0.15) is 35.5 Å². The second-order valence-corrected chi connectivity index (χ2v) is 9.82. The molecule has 0 aliphatic carbocycles. The average Bonchev–Trinajstić information content (AvgIpc) is 3.24. The largest absolute Gasteiger partial charge is 0.466 e. The zero-order valence-corrected chi connectivity index (χ0v) is 20.0. The first-order valence-corrected chi connectivity index (χ1v) is 12.7. The van der Waals surface area contributed by atoms with Gasteiger partial charge in [0.2, 0.25) is 10.0 Å². The van der Waals surface area contributed by atoms with Crippen LogP contribution in [0, 0.1) is 0 Å². The van der Waals surface area contributed by atoms with Crippen molar-refractivity contribution in [1.82, 2.24) is 9.29 Å². The Morgan fingerprint density at radius 2 is 1.76 bits per heavy atom. The molecule has 33 heavy (non-hydrogen) atoms. The van der Waals surface area contributed by atoms with Gasteiger partial charge in [-0.25, -0.2) is 13.4 Å². The minimum atomic E-state index is -3.72. The van der Waals surface area contributed by atoms with Gasteiger partial charge in [0.15, 0.2) is 5.13 Å². The van der Waals surface area contributed by atoms with E-state index in [2.05, 4.69) is 10.3 Å². The number of hydrogen-bond acceptors (Lipinski definition) is 7. The molecule has 0 aliphatic heterocycles. The second-order valence-electron chi connectivity index (χ2n) is 7.02. The molecular formula is C23H25N3O5S2. The number of hydrogen-bond donors (Lipinski definition) is 1. The van der Waals surface area contributed by atoms with Gasteiger partial charge in [-0.05, 0) is 36.8 Å². The highest BCUT2D eigenvalue weighted by Gasteiger charge is 2.23. The zero-order valence-electron chi connectivity index (χ0n) is 18.4. The van der Waals surface area contributed by atoms with Gasteiger partial charge in [-0.15, -0.1) is 11.3 Å². The molecular weight excluding hydrogens is 462 g/mol. The molecule has 8 nitrogen and oxygen atoms in total. The van der Waals surface area contributed by atoms with Crippen molar-refractivity contribution in [3.8, 4) is 0 Å². The van der Waals surface area contributed by atoms with Crippen molar-refractivity contribution < 1.29 is 22.7 Å². The third-order valence-electron chi connectivity index (χ3n) is 4.71. The van der Waals surface area contributed by atoms with Gasteiger partial charge in [0, 0.05) is 24.0 Å². The van der Waals surface area contributed by atoms with E-state index in [9.17, 15) is 18.0 Å². The Morgan fingerprint density at radius 1 is 1.06 bits per heavy atom. The second kappa shape index (κ2) is 11.2. The highest BCUT2D eigenvalue weighted by atomic mass is 32.2. The van der Waals surface area contributed by atoms with Gasteiger partial charge in [0.05, 0.1) is 23.6 Å². The summed E-state index contributed by atoms with van der Waals surface area (Å²) >= 11 is 1.19. The van der Waals surface area contributed by atoms with E-state index in [-0.39, 0.29) is 23.8 Å². The molecule has 1 heterocycles. The summed E-state index contributed by atoms with van der Waals surface area (Å²) in [5.41, 5.74) is 1.69. The number of carbonyl (C=O) groups excluding carboxylic acids is 2. The van der Waals surface area contributed by atoms with Crippen LogP contribution in [0.5, 0.6) is 0 Å². The number of benzene rings is 2. The van der Waals surface area contributed by atoms with Gasteiger partial charge >= 0.3 is 5.97 Å². The predicted molar refractivity (Wildman–Crippen MR) is 127 cm³/mol. The third kappa shape index (κ3) is 6.47. The fourth-order valence-corrected chi connectivity index (χ4v) is 5.20. The number of anilines is 1. The predicted octanol–water partition coefficient (Wildman–Crippen LogP) is 3.71. The van der Waals surface area contributed by atoms with Crippen molar-refractivity contribution in [2.45, 2.75) is 31.7 Å². The smallest absolute Gasteiger partial charge is 0.311 e. The number of esters is 1. The minimum absolute atomic E-state index is 0.0314. The van der Waals surface area contributed by atoms with Gasteiger partial charge in [-0.1, -0.05) is 37.3 Å². The molecule has 0 spiro atoms. The maximum Gasteiger partial charge on any atom is 0.311 e. The summed E-state index contributed by atoms with van der Waals surface area (Å²) < 4.78 is 32.4. The topological polar surface area (TPSA) is 106 Å². The van der Waals surface area contributed by atoms with Crippen molar-refractivity contribution in [2.75, 3.05) is 18.5 Å². The van der Waals surface area contributed by atoms with Gasteiger partial charge in [-0.2, -0.15) is 4.31 Å². The van der Waals surface area contributed by atoms with Gasteiger partial charge < -0.3 is 4.74 Å². The van der Waals surface area contributed by atoms with E-state index in [4.69, 9.17) is 4.74 Å². The fraction of sp³-hybridized carbons (Fsp3) is 0.261. The number of nitrogens with zero attached hydrogens (tertiary/aromatic N) is 2. The minimum Gasteiger partial charge on any atom is -0.466 e. The molecule has 0 fully saturated rings. The number of sulfonamides is 1. The molecule has 0 aliphatic rings. The molecule has 3 rings (SSSR count). The van der Waals surface area contributed by atoms with Crippen molar-refractivity contribution in [1.29, 1.82) is 0 Å². The van der Waals surface area contributed by atoms with Gasteiger partial charge in [0.1, 0.15) is 0 Å². The third-order valence-corrected chi connectivity index (χ3v) is 7.45. The van der Waals surface area contributed by atoms with Crippen LogP contribution in [0.4, 0.5) is 5.13 Å². The Bertz CT molecular complexity index is 1190. The van der Waals surface area contributed by atoms with E-state index in [1.54, 1.807) is 19.2 Å². The van der Waals surface area contributed by atoms with Crippen LogP contribution in [0.3, 0.4) is 0 Å². The number of rotatable bonds is 10. The molecule has 0 radical (unpaired) electrons. The lowest BCUT2D eigenvalue weighted by molar-refractivity contribution is -0.142. The van der Waals surface area contributed by atoms with Crippen LogP contribution in [0.25, 0.3) is 0 Å². The van der Waals surface area contributed by atoms with Gasteiger partial charge in [-0.3, -0.25) is 14.9 Å². The molecule has 0 saturated heterocycles. The van der Waals surface area contributed by atoms with Crippen LogP contribution < -0.4 is 5.32 Å². The lowest BCUT2D eigenvalue weighted by atomic mass is 10.2. The van der Waals surface area contributed by atoms with E-state index in [0.717, 1.165) is 5.56 Å². The fourth-order valence-electron chi connectivity index (χ4n) is 3.06. The molecule has 1 amide bonds. The summed E-state index contributed by atoms with van der Waals surface area (Å²) in [6.07, 6.45) is 0.0314. The molecule has 3 aromatic rings. The molecule has 0 saturated carbocycles. The van der Waals surface area contributed by atoms with Crippen LogP contribution in [-0.2, 0) is 32.5 Å². The molecule has 0 atom stereocenters. The number of thiazole rings is 1. The lowest BCUT2D eigenvalue weighted by Gasteiger charge is -2.20. The number of nitrogens with one attached hydrogen (secondary N) is 1. The normalized spacial score (nSPS) is 11.4. The van der Waals surface area contributed by atoms with E-state index < -0.39 is 15.9 Å². The number of ether oxygens (including phenoxy) is 1. The van der Waals surface area contributed by atoms with E-state index >= 15 is 0 Å². The maximum atomic E-state index is 13.1. The first-order valence-electron chi connectivity index (χ1n) is 10.4. The van der Waals surface area contributed by atoms with E-state index in [1.165, 1.54) is 39.9 Å². The number of amides is 1. The quantitative estimate of drug-likeness (QED) is 0.437. The Balaban J connectivity index is 1.67. The summed E-state index contributed by atoms with van der Waals surface area (Å²) in [5.74, 6) is -0.807. The Hall–Kier alpha value is -3.08. The zero-order chi connectivity index (χ0) is 23.8. The summed E-state index contributed by atoms with van der Waals surface area (Å²) in [6, 6.07) is 15.1. The van der Waals surface area contributed by atoms with Gasteiger partial charge in [0.25, 0.3) is 5.91 Å². The SMILES string of the molecule is CCOC(=O)Cc1csc(NC(=O)c2ccc(S(=O)(=O)N(CC)Cc3ccccc3)cc2)n1. The summed E-state index contributed by atoms with van der Waals surface area (Å²) in [7, 11) is -3.72. The first kappa shape index (κ1) is 24.6. The number of aromatic nitrogens is 1. The maximum absolute atomic E-state index is 13.1. The standard InChI is InChI=1S/C23H25N3O5S2/c1-3-26(15-17-8-6-5-7-9-17)33(29,30)20-12-10-18(11-13-20)22(28)25-23-24-19(16-32-23)14-21(27)31-4-2/h5-13,16H,3-4,14-15H2,1-2H3,(H,24,25,28). The van der Waals surface area contributed by atoms with Crippen molar-refractivity contribution in [2.24, 2.45) is 0 Å². The number of carbonyl (C=O) groups is 2. The van der Waals surface area contributed by atoms with E-state index in [1.807, 2.05) is 30.3 Å². The summed E-state index contributed by atoms with van der Waals surface area (Å²) in [6.45, 7) is 4.38. The Labute approximate surface area is 197 Å². The molecule has 174 valence electrons. The molecule has 10 heteroatoms. The molecule has 1 aromatic heterocycles. The van der Waals surface area contributed by atoms with E-state index in [0.29, 0.717) is 29.5 Å². The summed E-state index contributed by atoms with van der Waals surface area (Å²) in [5, 5.41) is 4.68. The average molecular weight is 488 g/mol. The van der Waals surface area contributed by atoms with Crippen molar-refractivity contribution >= 4 is 38.4 Å². The highest BCUT2D eigenvalue weighted by Crippen LogP contribution is 2.21. The molecule has 0 unspecified atom stereocenters. The van der Waals surface area contributed by atoms with Crippen LogP contribution in [-0.4, -0.2) is 42.7 Å². The highest BCUT2D eigenvalue weighted by molar-refractivity contribution is 7.89. The monoisotopic (exact) mass is 487 g/mol. The Morgan fingerprint density at radius 3 is 2.39 bits per heavy atom. The molecule has 1 N–H and O–H groups in total. The molecule has 2 aromatic carbocycles. The van der Waals surface area contributed by atoms with Crippen molar-refractivity contribution in [3.63, 3.8) is 0 Å².